The van der Waals surface area contributed by atoms with Gasteiger partial charge in [0.2, 0.25) is 0 Å². The molecular formula is C17H16O. The predicted molar refractivity (Wildman–Crippen MR) is 77.2 cm³/mol. The molecule has 3 aromatic rings. The maximum absolute atomic E-state index is 9.55. The van der Waals surface area contributed by atoms with E-state index < -0.39 is 0 Å². The summed E-state index contributed by atoms with van der Waals surface area (Å²) in [5.41, 5.74) is 2.77. The third-order valence-corrected chi connectivity index (χ3v) is 3.70. The van der Waals surface area contributed by atoms with Gasteiger partial charge < -0.3 is 5.11 Å². The fraction of sp³-hybridized carbons (Fsp3) is 0.176. The zero-order valence-electron chi connectivity index (χ0n) is 10.7. The molecule has 0 aromatic heterocycles. The first kappa shape index (κ1) is 11.1. The number of hydrogen-bond donors (Lipinski definition) is 1. The number of aryl methyl sites for hydroxylation is 2. The zero-order valence-corrected chi connectivity index (χ0v) is 10.7. The van der Waals surface area contributed by atoms with Gasteiger partial charge in [-0.2, -0.15) is 0 Å². The Balaban J connectivity index is 2.49. The molecule has 0 bridgehead atoms. The first-order valence-electron chi connectivity index (χ1n) is 6.34. The lowest BCUT2D eigenvalue weighted by atomic mass is 9.94. The number of fused-ring (bicyclic) bond motifs is 3. The number of phenolic OH excluding ortho intramolecular Hbond substituents is 1. The molecule has 0 radical (unpaired) electrons. The SMILES string of the molecule is CCc1c(C)ccc2c1ccc1cc(O)ccc12. The Morgan fingerprint density at radius 3 is 2.39 bits per heavy atom. The van der Waals surface area contributed by atoms with E-state index >= 15 is 0 Å². The minimum Gasteiger partial charge on any atom is -0.508 e. The summed E-state index contributed by atoms with van der Waals surface area (Å²) in [4.78, 5) is 0. The van der Waals surface area contributed by atoms with Crippen LogP contribution in [0.1, 0.15) is 18.1 Å². The Bertz CT molecular complexity index is 741. The van der Waals surface area contributed by atoms with E-state index in [0.29, 0.717) is 5.75 Å². The van der Waals surface area contributed by atoms with E-state index in [1.165, 1.54) is 27.3 Å². The molecule has 0 heterocycles. The molecule has 0 atom stereocenters. The Labute approximate surface area is 107 Å². The number of phenols is 1. The summed E-state index contributed by atoms with van der Waals surface area (Å²) in [5, 5.41) is 14.4. The van der Waals surface area contributed by atoms with Gasteiger partial charge in [0.05, 0.1) is 0 Å². The molecule has 1 heteroatoms. The van der Waals surface area contributed by atoms with Crippen LogP contribution in [-0.4, -0.2) is 5.11 Å². The highest BCUT2D eigenvalue weighted by atomic mass is 16.3. The molecule has 3 aromatic carbocycles. The van der Waals surface area contributed by atoms with Crippen molar-refractivity contribution in [3.63, 3.8) is 0 Å². The molecule has 0 spiro atoms. The van der Waals surface area contributed by atoms with Crippen molar-refractivity contribution in [2.24, 2.45) is 0 Å². The van der Waals surface area contributed by atoms with Gasteiger partial charge in [-0.1, -0.05) is 37.3 Å². The van der Waals surface area contributed by atoms with Gasteiger partial charge in [-0.3, -0.25) is 0 Å². The topological polar surface area (TPSA) is 20.2 Å². The third-order valence-electron chi connectivity index (χ3n) is 3.70. The van der Waals surface area contributed by atoms with Crippen molar-refractivity contribution in [1.82, 2.24) is 0 Å². The van der Waals surface area contributed by atoms with Crippen LogP contribution in [0, 0.1) is 6.92 Å². The number of benzene rings is 3. The predicted octanol–water partition coefficient (Wildman–Crippen LogP) is 4.57. The molecule has 0 aliphatic carbocycles. The highest BCUT2D eigenvalue weighted by Crippen LogP contribution is 2.31. The van der Waals surface area contributed by atoms with Crippen LogP contribution in [0.5, 0.6) is 5.75 Å². The van der Waals surface area contributed by atoms with Gasteiger partial charge in [0.1, 0.15) is 5.75 Å². The van der Waals surface area contributed by atoms with Gasteiger partial charge in [0.25, 0.3) is 0 Å². The van der Waals surface area contributed by atoms with E-state index in [-0.39, 0.29) is 0 Å². The van der Waals surface area contributed by atoms with Crippen molar-refractivity contribution in [2.45, 2.75) is 20.3 Å². The maximum atomic E-state index is 9.55. The summed E-state index contributed by atoms with van der Waals surface area (Å²) in [7, 11) is 0. The number of hydrogen-bond acceptors (Lipinski definition) is 1. The van der Waals surface area contributed by atoms with Gasteiger partial charge >= 0.3 is 0 Å². The van der Waals surface area contributed by atoms with Crippen molar-refractivity contribution in [3.8, 4) is 5.75 Å². The molecule has 1 N–H and O–H groups in total. The van der Waals surface area contributed by atoms with Gasteiger partial charge in [0, 0.05) is 0 Å². The van der Waals surface area contributed by atoms with Gasteiger partial charge in [-0.25, -0.2) is 0 Å². The summed E-state index contributed by atoms with van der Waals surface area (Å²) in [6, 6.07) is 14.2. The molecule has 0 unspecified atom stereocenters. The monoisotopic (exact) mass is 236 g/mol. The Morgan fingerprint density at radius 2 is 1.61 bits per heavy atom. The molecule has 0 amide bonds. The average molecular weight is 236 g/mol. The Morgan fingerprint density at radius 1 is 0.889 bits per heavy atom. The van der Waals surface area contributed by atoms with Crippen LogP contribution in [0.25, 0.3) is 21.5 Å². The van der Waals surface area contributed by atoms with E-state index in [9.17, 15) is 5.11 Å². The molecule has 0 aliphatic heterocycles. The fourth-order valence-corrected chi connectivity index (χ4v) is 2.77. The van der Waals surface area contributed by atoms with E-state index in [0.717, 1.165) is 11.8 Å². The molecule has 1 nitrogen and oxygen atoms in total. The standard InChI is InChI=1S/C17H16O/c1-3-14-11(2)4-7-17-15-9-6-13(18)10-12(15)5-8-16(14)17/h4-10,18H,3H2,1-2H3. The molecule has 0 fully saturated rings. The number of rotatable bonds is 1. The largest absolute Gasteiger partial charge is 0.508 e. The normalized spacial score (nSPS) is 11.2. The average Bonchev–Trinajstić information content (AvgIpc) is 2.37. The summed E-state index contributed by atoms with van der Waals surface area (Å²) < 4.78 is 0. The van der Waals surface area contributed by atoms with Crippen LogP contribution in [0.4, 0.5) is 0 Å². The highest BCUT2D eigenvalue weighted by Gasteiger charge is 2.06. The van der Waals surface area contributed by atoms with E-state index in [2.05, 4.69) is 38.1 Å². The van der Waals surface area contributed by atoms with Crippen LogP contribution in [0.15, 0.2) is 42.5 Å². The summed E-state index contributed by atoms with van der Waals surface area (Å²) in [5.74, 6) is 0.324. The second-order valence-corrected chi connectivity index (χ2v) is 4.78. The lowest BCUT2D eigenvalue weighted by Gasteiger charge is -2.11. The van der Waals surface area contributed by atoms with Crippen molar-refractivity contribution in [2.75, 3.05) is 0 Å². The molecule has 3 rings (SSSR count). The fourth-order valence-electron chi connectivity index (χ4n) is 2.77. The molecular weight excluding hydrogens is 220 g/mol. The summed E-state index contributed by atoms with van der Waals surface area (Å²) in [6.07, 6.45) is 1.05. The van der Waals surface area contributed by atoms with E-state index in [1.54, 1.807) is 6.07 Å². The minimum absolute atomic E-state index is 0.324. The van der Waals surface area contributed by atoms with Crippen molar-refractivity contribution in [1.29, 1.82) is 0 Å². The van der Waals surface area contributed by atoms with Crippen LogP contribution in [0.2, 0.25) is 0 Å². The van der Waals surface area contributed by atoms with E-state index in [1.807, 2.05) is 12.1 Å². The zero-order chi connectivity index (χ0) is 12.7. The van der Waals surface area contributed by atoms with Gasteiger partial charge in [-0.05, 0) is 58.1 Å². The van der Waals surface area contributed by atoms with Gasteiger partial charge in [-0.15, -0.1) is 0 Å². The van der Waals surface area contributed by atoms with Crippen LogP contribution < -0.4 is 0 Å². The van der Waals surface area contributed by atoms with Gasteiger partial charge in [0.15, 0.2) is 0 Å². The van der Waals surface area contributed by atoms with E-state index in [4.69, 9.17) is 0 Å². The Kier molecular flexibility index (Phi) is 2.48. The highest BCUT2D eigenvalue weighted by molar-refractivity contribution is 6.09. The second-order valence-electron chi connectivity index (χ2n) is 4.78. The first-order chi connectivity index (χ1) is 8.70. The first-order valence-corrected chi connectivity index (χ1v) is 6.34. The second kappa shape index (κ2) is 4.02. The van der Waals surface area contributed by atoms with Crippen LogP contribution in [-0.2, 0) is 6.42 Å². The lowest BCUT2D eigenvalue weighted by molar-refractivity contribution is 0.476. The quantitative estimate of drug-likeness (QED) is 0.614. The molecule has 18 heavy (non-hydrogen) atoms. The van der Waals surface area contributed by atoms with Crippen LogP contribution >= 0.6 is 0 Å². The smallest absolute Gasteiger partial charge is 0.116 e. The molecule has 0 saturated carbocycles. The summed E-state index contributed by atoms with van der Waals surface area (Å²) in [6.45, 7) is 4.36. The van der Waals surface area contributed by atoms with Crippen molar-refractivity contribution < 1.29 is 5.11 Å². The molecule has 90 valence electrons. The maximum Gasteiger partial charge on any atom is 0.116 e. The molecule has 0 saturated heterocycles. The number of aromatic hydroxyl groups is 1. The molecule has 0 aliphatic rings. The lowest BCUT2D eigenvalue weighted by Crippen LogP contribution is -1.89. The third kappa shape index (κ3) is 1.55. The summed E-state index contributed by atoms with van der Waals surface area (Å²) >= 11 is 0. The van der Waals surface area contributed by atoms with Crippen molar-refractivity contribution >= 4 is 21.5 Å². The van der Waals surface area contributed by atoms with Crippen molar-refractivity contribution in [3.05, 3.63) is 53.6 Å². The minimum atomic E-state index is 0.324. The Hall–Kier alpha value is -2.02. The van der Waals surface area contributed by atoms with Crippen LogP contribution in [0.3, 0.4) is 0 Å².